The Morgan fingerprint density at radius 2 is 1.93 bits per heavy atom. The molecular formula is C19H14BrN5OS. The van der Waals surface area contributed by atoms with Crippen LogP contribution in [0, 0.1) is 5.41 Å². The Morgan fingerprint density at radius 1 is 1.15 bits per heavy atom. The fraction of sp³-hybridized carbons (Fsp3) is 0.0526. The van der Waals surface area contributed by atoms with Crippen molar-refractivity contribution in [3.8, 4) is 0 Å². The fourth-order valence-corrected chi connectivity index (χ4v) is 3.60. The molecule has 6 nitrogen and oxygen atoms in total. The summed E-state index contributed by atoms with van der Waals surface area (Å²) in [6.07, 6.45) is 1.66. The van der Waals surface area contributed by atoms with Crippen LogP contribution in [0.5, 0.6) is 0 Å². The maximum atomic E-state index is 12.4. The lowest BCUT2D eigenvalue weighted by Crippen LogP contribution is -2.37. The first kappa shape index (κ1) is 17.7. The summed E-state index contributed by atoms with van der Waals surface area (Å²) in [4.78, 5) is 24.3. The number of aromatic nitrogens is 2. The minimum Gasteiger partial charge on any atom is -0.341 e. The second-order valence-corrected chi connectivity index (χ2v) is 7.70. The number of halogens is 1. The third-order valence-corrected chi connectivity index (χ3v) is 5.31. The summed E-state index contributed by atoms with van der Waals surface area (Å²) in [7, 11) is 0. The summed E-state index contributed by atoms with van der Waals surface area (Å²) in [5, 5.41) is 11.3. The van der Waals surface area contributed by atoms with Crippen LogP contribution in [0.3, 0.4) is 0 Å². The highest BCUT2D eigenvalue weighted by atomic mass is 79.9. The van der Waals surface area contributed by atoms with Gasteiger partial charge in [0, 0.05) is 4.47 Å². The number of fused-ring (bicyclic) bond motifs is 1. The van der Waals surface area contributed by atoms with Crippen molar-refractivity contribution >= 4 is 61.7 Å². The molecule has 134 valence electrons. The van der Waals surface area contributed by atoms with Crippen LogP contribution in [0.4, 0.5) is 0 Å². The third kappa shape index (κ3) is 4.01. The highest BCUT2D eigenvalue weighted by molar-refractivity contribution is 9.10. The molecule has 0 aliphatic carbocycles. The first-order valence-electron chi connectivity index (χ1n) is 8.11. The molecule has 0 atom stereocenters. The van der Waals surface area contributed by atoms with Gasteiger partial charge in [-0.3, -0.25) is 10.2 Å². The largest absolute Gasteiger partial charge is 0.341 e. The van der Waals surface area contributed by atoms with E-state index in [1.807, 2.05) is 48.5 Å². The van der Waals surface area contributed by atoms with Crippen molar-refractivity contribution in [3.05, 3.63) is 70.0 Å². The maximum absolute atomic E-state index is 12.4. The smallest absolute Gasteiger partial charge is 0.261 e. The van der Waals surface area contributed by atoms with Crippen molar-refractivity contribution in [2.75, 3.05) is 0 Å². The molecule has 2 heterocycles. The van der Waals surface area contributed by atoms with Gasteiger partial charge in [0.15, 0.2) is 11.0 Å². The van der Waals surface area contributed by atoms with Gasteiger partial charge >= 0.3 is 0 Å². The number of amidine groups is 2. The molecule has 1 aliphatic rings. The number of hydrogen-bond acceptors (Lipinski definition) is 4. The molecule has 0 bridgehead atoms. The molecule has 0 spiro atoms. The monoisotopic (exact) mass is 439 g/mol. The van der Waals surface area contributed by atoms with E-state index in [4.69, 9.17) is 5.41 Å². The van der Waals surface area contributed by atoms with E-state index in [0.29, 0.717) is 10.9 Å². The normalized spacial score (nSPS) is 15.9. The van der Waals surface area contributed by atoms with Crippen molar-refractivity contribution in [1.29, 1.82) is 5.41 Å². The molecule has 4 rings (SSSR count). The number of para-hydroxylation sites is 2. The van der Waals surface area contributed by atoms with Gasteiger partial charge in [0.1, 0.15) is 5.82 Å². The zero-order valence-electron chi connectivity index (χ0n) is 14.0. The molecule has 8 heteroatoms. The number of rotatable bonds is 3. The van der Waals surface area contributed by atoms with E-state index >= 15 is 0 Å². The number of nitrogens with zero attached hydrogens (tertiary/aromatic N) is 2. The Bertz CT molecular complexity index is 1070. The van der Waals surface area contributed by atoms with E-state index in [2.05, 4.69) is 36.2 Å². The standard InChI is InChI=1S/C19H14BrN5OS/c20-12-7-5-11(6-8-12)9-13-17(21)24-19(25-18(13)26)27-10-16-22-14-3-1-2-4-15(14)23-16/h1-9H,10H2,(H,22,23)(H2,21,24,25,26)/b13-9+. The van der Waals surface area contributed by atoms with Crippen molar-refractivity contribution in [3.63, 3.8) is 0 Å². The highest BCUT2D eigenvalue weighted by Gasteiger charge is 2.23. The summed E-state index contributed by atoms with van der Waals surface area (Å²) >= 11 is 4.71. The van der Waals surface area contributed by atoms with Gasteiger partial charge in [0.25, 0.3) is 5.91 Å². The lowest BCUT2D eigenvalue weighted by Gasteiger charge is -2.15. The highest BCUT2D eigenvalue weighted by Crippen LogP contribution is 2.20. The van der Waals surface area contributed by atoms with Crippen LogP contribution in [0.1, 0.15) is 11.4 Å². The molecule has 0 saturated heterocycles. The molecule has 0 saturated carbocycles. The number of hydrogen-bond donors (Lipinski definition) is 3. The van der Waals surface area contributed by atoms with E-state index in [1.165, 1.54) is 11.8 Å². The van der Waals surface area contributed by atoms with Gasteiger partial charge in [-0.2, -0.15) is 0 Å². The Morgan fingerprint density at radius 3 is 2.67 bits per heavy atom. The predicted molar refractivity (Wildman–Crippen MR) is 113 cm³/mol. The van der Waals surface area contributed by atoms with Crippen molar-refractivity contribution in [2.45, 2.75) is 5.75 Å². The quantitative estimate of drug-likeness (QED) is 0.536. The topological polar surface area (TPSA) is 94.0 Å². The van der Waals surface area contributed by atoms with Crippen LogP contribution < -0.4 is 5.32 Å². The molecule has 0 unspecified atom stereocenters. The van der Waals surface area contributed by atoms with Gasteiger partial charge in [-0.1, -0.05) is 52.0 Å². The SMILES string of the molecule is N=C1N=C(SCc2nc3ccccc3[nH]2)NC(=O)/C1=C/c1ccc(Br)cc1. The van der Waals surface area contributed by atoms with Gasteiger partial charge < -0.3 is 10.3 Å². The molecule has 0 radical (unpaired) electrons. The molecule has 27 heavy (non-hydrogen) atoms. The zero-order valence-corrected chi connectivity index (χ0v) is 16.4. The van der Waals surface area contributed by atoms with E-state index in [9.17, 15) is 4.79 Å². The summed E-state index contributed by atoms with van der Waals surface area (Å²) in [6.45, 7) is 0. The minimum atomic E-state index is -0.329. The van der Waals surface area contributed by atoms with Crippen LogP contribution in [-0.2, 0) is 10.5 Å². The zero-order chi connectivity index (χ0) is 18.8. The Labute approximate surface area is 167 Å². The Kier molecular flexibility index (Phi) is 4.91. The summed E-state index contributed by atoms with van der Waals surface area (Å²) in [5.74, 6) is 0.937. The summed E-state index contributed by atoms with van der Waals surface area (Å²) in [5.41, 5.74) is 2.94. The minimum absolute atomic E-state index is 0.0474. The van der Waals surface area contributed by atoms with Gasteiger partial charge in [0.05, 0.1) is 22.4 Å². The van der Waals surface area contributed by atoms with E-state index in [-0.39, 0.29) is 17.3 Å². The number of amides is 1. The molecule has 2 aromatic carbocycles. The second-order valence-electron chi connectivity index (χ2n) is 5.82. The first-order chi connectivity index (χ1) is 13.1. The van der Waals surface area contributed by atoms with E-state index < -0.39 is 0 Å². The van der Waals surface area contributed by atoms with E-state index in [1.54, 1.807) is 6.08 Å². The average Bonchev–Trinajstić information content (AvgIpc) is 3.07. The second kappa shape index (κ2) is 7.50. The Balaban J connectivity index is 1.48. The van der Waals surface area contributed by atoms with Gasteiger partial charge in [-0.25, -0.2) is 9.98 Å². The first-order valence-corrected chi connectivity index (χ1v) is 9.89. The number of aliphatic imine (C=N–C) groups is 1. The molecular weight excluding hydrogens is 426 g/mol. The lowest BCUT2D eigenvalue weighted by molar-refractivity contribution is -0.115. The maximum Gasteiger partial charge on any atom is 0.261 e. The fourth-order valence-electron chi connectivity index (χ4n) is 2.60. The number of H-pyrrole nitrogens is 1. The number of aromatic amines is 1. The molecule has 1 aromatic heterocycles. The Hall–Kier alpha value is -2.71. The van der Waals surface area contributed by atoms with Crippen molar-refractivity contribution < 1.29 is 4.79 Å². The molecule has 3 aromatic rings. The number of thioether (sulfide) groups is 1. The van der Waals surface area contributed by atoms with Gasteiger partial charge in [-0.05, 0) is 35.9 Å². The van der Waals surface area contributed by atoms with Crippen LogP contribution >= 0.6 is 27.7 Å². The van der Waals surface area contributed by atoms with Crippen LogP contribution in [-0.4, -0.2) is 26.9 Å². The van der Waals surface area contributed by atoms with Gasteiger partial charge in [0.2, 0.25) is 0 Å². The lowest BCUT2D eigenvalue weighted by atomic mass is 10.1. The number of carbonyl (C=O) groups excluding carboxylic acids is 1. The summed E-state index contributed by atoms with van der Waals surface area (Å²) in [6, 6.07) is 15.3. The number of carbonyl (C=O) groups is 1. The van der Waals surface area contributed by atoms with Crippen LogP contribution in [0.2, 0.25) is 0 Å². The number of imidazole rings is 1. The number of nitrogens with one attached hydrogen (secondary N) is 3. The van der Waals surface area contributed by atoms with Gasteiger partial charge in [-0.15, -0.1) is 0 Å². The average molecular weight is 440 g/mol. The van der Waals surface area contributed by atoms with Crippen LogP contribution in [0.25, 0.3) is 17.1 Å². The van der Waals surface area contributed by atoms with Crippen molar-refractivity contribution in [1.82, 2.24) is 15.3 Å². The third-order valence-electron chi connectivity index (χ3n) is 3.90. The summed E-state index contributed by atoms with van der Waals surface area (Å²) < 4.78 is 0.954. The van der Waals surface area contributed by atoms with Crippen LogP contribution in [0.15, 0.2) is 63.6 Å². The molecule has 3 N–H and O–H groups in total. The molecule has 0 fully saturated rings. The number of benzene rings is 2. The van der Waals surface area contributed by atoms with E-state index in [0.717, 1.165) is 26.9 Å². The predicted octanol–water partition coefficient (Wildman–Crippen LogP) is 4.11. The molecule has 1 aliphatic heterocycles. The van der Waals surface area contributed by atoms with Crippen molar-refractivity contribution in [2.24, 2.45) is 4.99 Å². The molecule has 1 amide bonds.